The predicted octanol–water partition coefficient (Wildman–Crippen LogP) is 2.23. The summed E-state index contributed by atoms with van der Waals surface area (Å²) in [5.74, 6) is -0.0386. The lowest BCUT2D eigenvalue weighted by Crippen LogP contribution is -2.37. The van der Waals surface area contributed by atoms with E-state index in [0.29, 0.717) is 18.0 Å². The predicted molar refractivity (Wildman–Crippen MR) is 94.8 cm³/mol. The average Bonchev–Trinajstić information content (AvgIpc) is 2.65. The number of nitrogens with one attached hydrogen (secondary N) is 1. The number of nitrogens with zero attached hydrogens (tertiary/aromatic N) is 1. The SMILES string of the molecule is COc1ccc(CN(C)C(=O)CNC(=O)c2cccc(F)c2)c(OC)c1. The van der Waals surface area contributed by atoms with Crippen LogP contribution in [-0.4, -0.2) is 44.5 Å². The van der Waals surface area contributed by atoms with Gasteiger partial charge in [0.15, 0.2) is 0 Å². The summed E-state index contributed by atoms with van der Waals surface area (Å²) < 4.78 is 23.6. The molecule has 0 saturated heterocycles. The number of likely N-dealkylation sites (N-methyl/N-ethyl adjacent to an activating group) is 1. The summed E-state index contributed by atoms with van der Waals surface area (Å²) in [5, 5.41) is 2.49. The third-order valence-electron chi connectivity index (χ3n) is 3.81. The molecule has 0 heterocycles. The van der Waals surface area contributed by atoms with Crippen LogP contribution in [0.3, 0.4) is 0 Å². The van der Waals surface area contributed by atoms with Crippen molar-refractivity contribution in [3.8, 4) is 11.5 Å². The molecule has 138 valence electrons. The van der Waals surface area contributed by atoms with Gasteiger partial charge in [0.05, 0.1) is 20.8 Å². The molecule has 0 radical (unpaired) electrons. The van der Waals surface area contributed by atoms with Gasteiger partial charge in [-0.3, -0.25) is 9.59 Å². The van der Waals surface area contributed by atoms with Crippen LogP contribution in [0.25, 0.3) is 0 Å². The number of hydrogen-bond acceptors (Lipinski definition) is 4. The fraction of sp³-hybridized carbons (Fsp3) is 0.263. The minimum absolute atomic E-state index is 0.164. The lowest BCUT2D eigenvalue weighted by Gasteiger charge is -2.19. The van der Waals surface area contributed by atoms with E-state index in [1.54, 1.807) is 33.4 Å². The summed E-state index contributed by atoms with van der Waals surface area (Å²) in [6.45, 7) is 0.117. The van der Waals surface area contributed by atoms with Gasteiger partial charge in [-0.2, -0.15) is 0 Å². The van der Waals surface area contributed by atoms with Gasteiger partial charge in [-0.15, -0.1) is 0 Å². The van der Waals surface area contributed by atoms with E-state index in [9.17, 15) is 14.0 Å². The molecule has 26 heavy (non-hydrogen) atoms. The number of carbonyl (C=O) groups excluding carboxylic acids is 2. The Morgan fingerprint density at radius 3 is 2.54 bits per heavy atom. The first-order valence-electron chi connectivity index (χ1n) is 7.93. The van der Waals surface area contributed by atoms with Crippen LogP contribution in [0.5, 0.6) is 11.5 Å². The smallest absolute Gasteiger partial charge is 0.251 e. The topological polar surface area (TPSA) is 67.9 Å². The number of benzene rings is 2. The Morgan fingerprint density at radius 1 is 1.12 bits per heavy atom. The Labute approximate surface area is 151 Å². The third kappa shape index (κ3) is 4.95. The number of halogens is 1. The Bertz CT molecular complexity index is 795. The molecule has 0 fully saturated rings. The highest BCUT2D eigenvalue weighted by molar-refractivity contribution is 5.96. The largest absolute Gasteiger partial charge is 0.497 e. The van der Waals surface area contributed by atoms with Gasteiger partial charge in [-0.25, -0.2) is 4.39 Å². The van der Waals surface area contributed by atoms with Gasteiger partial charge >= 0.3 is 0 Å². The Balaban J connectivity index is 1.94. The van der Waals surface area contributed by atoms with Gasteiger partial charge in [0, 0.05) is 30.8 Å². The van der Waals surface area contributed by atoms with Gasteiger partial charge < -0.3 is 19.7 Å². The molecule has 0 aromatic heterocycles. The van der Waals surface area contributed by atoms with Crippen molar-refractivity contribution < 1.29 is 23.5 Å². The minimum atomic E-state index is -0.507. The molecule has 0 aliphatic carbocycles. The summed E-state index contributed by atoms with van der Waals surface area (Å²) in [6.07, 6.45) is 0. The van der Waals surface area contributed by atoms with E-state index >= 15 is 0 Å². The molecule has 0 aliphatic heterocycles. The van der Waals surface area contributed by atoms with Crippen LogP contribution in [0.15, 0.2) is 42.5 Å². The lowest BCUT2D eigenvalue weighted by atomic mass is 10.1. The zero-order chi connectivity index (χ0) is 19.1. The molecule has 1 N–H and O–H groups in total. The lowest BCUT2D eigenvalue weighted by molar-refractivity contribution is -0.129. The van der Waals surface area contributed by atoms with Crippen molar-refractivity contribution in [2.24, 2.45) is 0 Å². The van der Waals surface area contributed by atoms with Crippen LogP contribution in [0.2, 0.25) is 0 Å². The molecule has 2 amide bonds. The molecule has 0 saturated carbocycles. The fourth-order valence-electron chi connectivity index (χ4n) is 2.35. The van der Waals surface area contributed by atoms with Crippen molar-refractivity contribution in [2.75, 3.05) is 27.8 Å². The van der Waals surface area contributed by atoms with Gasteiger partial charge in [-0.05, 0) is 30.3 Å². The molecular formula is C19H21FN2O4. The number of hydrogen-bond donors (Lipinski definition) is 1. The molecule has 2 rings (SSSR count). The monoisotopic (exact) mass is 360 g/mol. The van der Waals surface area contributed by atoms with Crippen LogP contribution in [-0.2, 0) is 11.3 Å². The summed E-state index contributed by atoms with van der Waals surface area (Å²) in [5.41, 5.74) is 0.970. The molecule has 0 atom stereocenters. The Kier molecular flexibility index (Phi) is 6.54. The summed E-state index contributed by atoms with van der Waals surface area (Å²) in [7, 11) is 4.73. The van der Waals surface area contributed by atoms with Crippen molar-refractivity contribution in [3.05, 3.63) is 59.4 Å². The van der Waals surface area contributed by atoms with Gasteiger partial charge in [0.2, 0.25) is 5.91 Å². The molecule has 0 bridgehead atoms. The molecule has 0 aliphatic rings. The molecule has 2 aromatic carbocycles. The van der Waals surface area contributed by atoms with Crippen LogP contribution in [0.1, 0.15) is 15.9 Å². The maximum Gasteiger partial charge on any atom is 0.251 e. The third-order valence-corrected chi connectivity index (χ3v) is 3.81. The zero-order valence-corrected chi connectivity index (χ0v) is 14.9. The van der Waals surface area contributed by atoms with Crippen LogP contribution < -0.4 is 14.8 Å². The Hall–Kier alpha value is -3.09. The Morgan fingerprint density at radius 2 is 1.88 bits per heavy atom. The second-order valence-corrected chi connectivity index (χ2v) is 5.62. The summed E-state index contributed by atoms with van der Waals surface area (Å²) >= 11 is 0. The number of methoxy groups -OCH3 is 2. The molecule has 2 aromatic rings. The van der Waals surface area contributed by atoms with Gasteiger partial charge in [0.25, 0.3) is 5.91 Å². The van der Waals surface area contributed by atoms with Gasteiger partial charge in [-0.1, -0.05) is 6.07 Å². The first-order valence-corrected chi connectivity index (χ1v) is 7.93. The number of carbonyl (C=O) groups is 2. The number of rotatable bonds is 7. The van der Waals surface area contributed by atoms with Crippen LogP contribution >= 0.6 is 0 Å². The molecule has 6 nitrogen and oxygen atoms in total. The van der Waals surface area contributed by atoms with Crippen LogP contribution in [0.4, 0.5) is 4.39 Å². The van der Waals surface area contributed by atoms with Crippen molar-refractivity contribution >= 4 is 11.8 Å². The van der Waals surface area contributed by atoms with E-state index in [2.05, 4.69) is 5.32 Å². The quantitative estimate of drug-likeness (QED) is 0.822. The summed E-state index contributed by atoms with van der Waals surface area (Å²) in [4.78, 5) is 25.7. The molecular weight excluding hydrogens is 339 g/mol. The van der Waals surface area contributed by atoms with Crippen molar-refractivity contribution in [2.45, 2.75) is 6.54 Å². The maximum atomic E-state index is 13.1. The maximum absolute atomic E-state index is 13.1. The first-order chi connectivity index (χ1) is 12.4. The van der Waals surface area contributed by atoms with Crippen molar-refractivity contribution in [3.63, 3.8) is 0 Å². The second-order valence-electron chi connectivity index (χ2n) is 5.62. The molecule has 7 heteroatoms. The second kappa shape index (κ2) is 8.84. The highest BCUT2D eigenvalue weighted by Gasteiger charge is 2.14. The minimum Gasteiger partial charge on any atom is -0.497 e. The van der Waals surface area contributed by atoms with Crippen molar-refractivity contribution in [1.82, 2.24) is 10.2 Å². The highest BCUT2D eigenvalue weighted by Crippen LogP contribution is 2.25. The van der Waals surface area contributed by atoms with E-state index < -0.39 is 11.7 Å². The fourth-order valence-corrected chi connectivity index (χ4v) is 2.35. The zero-order valence-electron chi connectivity index (χ0n) is 14.9. The molecule has 0 spiro atoms. The first kappa shape index (κ1) is 19.2. The average molecular weight is 360 g/mol. The van der Waals surface area contributed by atoms with Crippen molar-refractivity contribution in [1.29, 1.82) is 0 Å². The van der Waals surface area contributed by atoms with Gasteiger partial charge in [0.1, 0.15) is 17.3 Å². The van der Waals surface area contributed by atoms with E-state index in [-0.39, 0.29) is 18.0 Å². The van der Waals surface area contributed by atoms with E-state index in [4.69, 9.17) is 9.47 Å². The number of ether oxygens (including phenoxy) is 2. The van der Waals surface area contributed by atoms with E-state index in [1.807, 2.05) is 6.07 Å². The molecule has 0 unspecified atom stereocenters. The van der Waals surface area contributed by atoms with E-state index in [1.165, 1.54) is 23.1 Å². The normalized spacial score (nSPS) is 10.2. The van der Waals surface area contributed by atoms with Crippen LogP contribution in [0, 0.1) is 5.82 Å². The number of amides is 2. The highest BCUT2D eigenvalue weighted by atomic mass is 19.1. The van der Waals surface area contributed by atoms with E-state index in [0.717, 1.165) is 11.6 Å². The summed E-state index contributed by atoms with van der Waals surface area (Å²) in [6, 6.07) is 10.6. The standard InChI is InChI=1S/C19H21FN2O4/c1-22(12-14-7-8-16(25-2)10-17(14)26-3)18(23)11-21-19(24)13-5-4-6-15(20)9-13/h4-10H,11-12H2,1-3H3,(H,21,24).